The minimum atomic E-state index is -0.692. The fourth-order valence-electron chi connectivity index (χ4n) is 4.71. The molecule has 4 unspecified atom stereocenters. The molecular weight excluding hydrogens is 507 g/mol. The van der Waals surface area contributed by atoms with Crippen molar-refractivity contribution in [3.8, 4) is 0 Å². The van der Waals surface area contributed by atoms with E-state index in [0.29, 0.717) is 17.3 Å². The van der Waals surface area contributed by atoms with E-state index in [2.05, 4.69) is 51.7 Å². The van der Waals surface area contributed by atoms with Gasteiger partial charge in [-0.15, -0.1) is 24.0 Å². The lowest BCUT2D eigenvalue weighted by Gasteiger charge is -2.36. The molecule has 0 aromatic heterocycles. The number of aliphatic imine (C=N–C) groups is 1. The first kappa shape index (κ1) is 25.6. The van der Waals surface area contributed by atoms with E-state index in [4.69, 9.17) is 0 Å². The van der Waals surface area contributed by atoms with Crippen molar-refractivity contribution in [2.75, 3.05) is 25.9 Å². The Bertz CT molecular complexity index is 714. The molecule has 1 aromatic rings. The first-order valence-corrected chi connectivity index (χ1v) is 12.7. The maximum absolute atomic E-state index is 12.2. The topological polar surface area (TPSA) is 56.7 Å². The van der Waals surface area contributed by atoms with Gasteiger partial charge in [0.05, 0.1) is 0 Å². The van der Waals surface area contributed by atoms with Gasteiger partial charge >= 0.3 is 0 Å². The Balaban J connectivity index is 0.00000320. The molecule has 1 aromatic carbocycles. The minimum Gasteiger partial charge on any atom is -0.355 e. The van der Waals surface area contributed by atoms with Crippen molar-refractivity contribution >= 4 is 40.7 Å². The van der Waals surface area contributed by atoms with Gasteiger partial charge in [0, 0.05) is 60.6 Å². The summed E-state index contributed by atoms with van der Waals surface area (Å²) in [4.78, 5) is 7.06. The number of rotatable bonds is 7. The molecule has 1 heterocycles. The second kappa shape index (κ2) is 13.0. The normalized spacial score (nSPS) is 24.3. The van der Waals surface area contributed by atoms with Gasteiger partial charge in [0.2, 0.25) is 0 Å². The Hall–Kier alpha value is -0.670. The summed E-state index contributed by atoms with van der Waals surface area (Å²) < 4.78 is 12.2. The second-order valence-corrected chi connectivity index (χ2v) is 10.3. The number of guanidine groups is 1. The zero-order valence-corrected chi connectivity index (χ0v) is 21.9. The summed E-state index contributed by atoms with van der Waals surface area (Å²) in [6.45, 7) is 7.35. The predicted octanol–water partition coefficient (Wildman–Crippen LogP) is 3.69. The summed E-state index contributed by atoms with van der Waals surface area (Å²) in [5.41, 5.74) is 2.97. The van der Waals surface area contributed by atoms with Crippen LogP contribution in [0.1, 0.15) is 57.1 Å². The Morgan fingerprint density at radius 3 is 2.73 bits per heavy atom. The van der Waals surface area contributed by atoms with E-state index in [1.807, 2.05) is 14.0 Å². The lowest BCUT2D eigenvalue weighted by Crippen LogP contribution is -2.51. The highest BCUT2D eigenvalue weighted by Crippen LogP contribution is 2.23. The van der Waals surface area contributed by atoms with Crippen LogP contribution in [0.4, 0.5) is 0 Å². The number of nitrogens with zero attached hydrogens (tertiary/aromatic N) is 2. The third-order valence-electron chi connectivity index (χ3n) is 6.50. The van der Waals surface area contributed by atoms with Crippen LogP contribution in [0.15, 0.2) is 29.3 Å². The molecule has 1 fully saturated rings. The molecule has 0 spiro atoms. The van der Waals surface area contributed by atoms with Crippen molar-refractivity contribution in [1.29, 1.82) is 0 Å². The van der Waals surface area contributed by atoms with Gasteiger partial charge in [-0.3, -0.25) is 14.1 Å². The van der Waals surface area contributed by atoms with Gasteiger partial charge in [-0.1, -0.05) is 44.5 Å². The van der Waals surface area contributed by atoms with Gasteiger partial charge < -0.3 is 10.6 Å². The highest BCUT2D eigenvalue weighted by Gasteiger charge is 2.27. The van der Waals surface area contributed by atoms with Gasteiger partial charge in [-0.2, -0.15) is 0 Å². The zero-order valence-electron chi connectivity index (χ0n) is 18.7. The van der Waals surface area contributed by atoms with Crippen LogP contribution >= 0.6 is 24.0 Å². The van der Waals surface area contributed by atoms with E-state index in [0.717, 1.165) is 69.9 Å². The first-order chi connectivity index (χ1) is 14.1. The van der Waals surface area contributed by atoms with Crippen molar-refractivity contribution in [3.05, 3.63) is 35.4 Å². The lowest BCUT2D eigenvalue weighted by molar-refractivity contribution is 0.174. The number of nitrogens with one attached hydrogen (secondary N) is 2. The van der Waals surface area contributed by atoms with Crippen molar-refractivity contribution in [3.63, 3.8) is 0 Å². The molecule has 5 nitrogen and oxygen atoms in total. The van der Waals surface area contributed by atoms with Crippen molar-refractivity contribution in [2.45, 2.75) is 76.3 Å². The monoisotopic (exact) mass is 546 g/mol. The molecule has 2 N–H and O–H groups in total. The largest absolute Gasteiger partial charge is 0.355 e. The summed E-state index contributed by atoms with van der Waals surface area (Å²) in [5.74, 6) is 1.65. The van der Waals surface area contributed by atoms with E-state index < -0.39 is 10.8 Å². The van der Waals surface area contributed by atoms with Crippen LogP contribution in [0.2, 0.25) is 0 Å². The van der Waals surface area contributed by atoms with Gasteiger partial charge in [0.1, 0.15) is 0 Å². The molecule has 170 valence electrons. The Morgan fingerprint density at radius 2 is 2.03 bits per heavy atom. The molecular formula is C23H39IN4OS. The van der Waals surface area contributed by atoms with Gasteiger partial charge in [-0.05, 0) is 43.2 Å². The van der Waals surface area contributed by atoms with Gasteiger partial charge in [0.25, 0.3) is 0 Å². The molecule has 7 heteroatoms. The van der Waals surface area contributed by atoms with E-state index in [9.17, 15) is 4.21 Å². The van der Waals surface area contributed by atoms with Crippen LogP contribution in [-0.4, -0.2) is 58.3 Å². The molecule has 0 amide bonds. The molecule has 1 aliphatic heterocycles. The maximum Gasteiger partial charge on any atom is 0.191 e. The molecule has 0 radical (unpaired) electrons. The first-order valence-electron chi connectivity index (χ1n) is 11.3. The van der Waals surface area contributed by atoms with Crippen LogP contribution in [0, 0.1) is 0 Å². The summed E-state index contributed by atoms with van der Waals surface area (Å²) in [6, 6.07) is 9.69. The molecule has 4 atom stereocenters. The molecule has 1 aliphatic carbocycles. The molecule has 2 aliphatic rings. The van der Waals surface area contributed by atoms with Gasteiger partial charge in [-0.25, -0.2) is 0 Å². The SMILES string of the molecule is CCC(CNC(=NC)NC1CCCC(S(=O)CC)C1)N1CCc2ccccc2C1.I. The van der Waals surface area contributed by atoms with Crippen molar-refractivity contribution in [2.24, 2.45) is 4.99 Å². The molecule has 30 heavy (non-hydrogen) atoms. The van der Waals surface area contributed by atoms with Gasteiger partial charge in [0.15, 0.2) is 5.96 Å². The predicted molar refractivity (Wildman–Crippen MR) is 139 cm³/mol. The van der Waals surface area contributed by atoms with Crippen molar-refractivity contribution in [1.82, 2.24) is 15.5 Å². The average molecular weight is 547 g/mol. The summed E-state index contributed by atoms with van der Waals surface area (Å²) in [7, 11) is 1.15. The Morgan fingerprint density at radius 1 is 1.27 bits per heavy atom. The highest BCUT2D eigenvalue weighted by molar-refractivity contribution is 14.0. The third kappa shape index (κ3) is 6.92. The van der Waals surface area contributed by atoms with E-state index in [1.165, 1.54) is 11.1 Å². The quantitative estimate of drug-likeness (QED) is 0.311. The molecule has 3 rings (SSSR count). The second-order valence-electron chi connectivity index (χ2n) is 8.30. The summed E-state index contributed by atoms with van der Waals surface area (Å²) >= 11 is 0. The van der Waals surface area contributed by atoms with E-state index in [-0.39, 0.29) is 24.0 Å². The Kier molecular flexibility index (Phi) is 11.1. The van der Waals surface area contributed by atoms with E-state index in [1.54, 1.807) is 0 Å². The van der Waals surface area contributed by atoms with Crippen LogP contribution in [0.25, 0.3) is 0 Å². The number of fused-ring (bicyclic) bond motifs is 1. The summed E-state index contributed by atoms with van der Waals surface area (Å²) in [6.07, 6.45) is 6.62. The third-order valence-corrected chi connectivity index (χ3v) is 8.24. The molecule has 1 saturated carbocycles. The fraction of sp³-hybridized carbons (Fsp3) is 0.696. The zero-order chi connectivity index (χ0) is 20.6. The maximum atomic E-state index is 12.2. The van der Waals surface area contributed by atoms with Crippen molar-refractivity contribution < 1.29 is 4.21 Å². The average Bonchev–Trinajstić information content (AvgIpc) is 2.78. The van der Waals surface area contributed by atoms with E-state index >= 15 is 0 Å². The summed E-state index contributed by atoms with van der Waals surface area (Å²) in [5, 5.41) is 7.50. The van der Waals surface area contributed by atoms with Crippen LogP contribution in [0.3, 0.4) is 0 Å². The number of hydrogen-bond donors (Lipinski definition) is 2. The fourth-order valence-corrected chi connectivity index (χ4v) is 6.06. The molecule has 0 bridgehead atoms. The standard InChI is InChI=1S/C23H38N4OS.HI/c1-4-21(27-14-13-18-9-6-7-10-19(18)17-27)16-25-23(24-3)26-20-11-8-12-22(15-20)29(28)5-2;/h6-7,9-10,20-22H,4-5,8,11-17H2,1-3H3,(H2,24,25,26);1H. The lowest BCUT2D eigenvalue weighted by atomic mass is 9.95. The number of halogens is 1. The minimum absolute atomic E-state index is 0. The smallest absolute Gasteiger partial charge is 0.191 e. The van der Waals surface area contributed by atoms with Crippen LogP contribution < -0.4 is 10.6 Å². The molecule has 0 saturated heterocycles. The number of benzene rings is 1. The Labute approximate surface area is 202 Å². The van der Waals surface area contributed by atoms with Crippen LogP contribution in [-0.2, 0) is 23.8 Å². The number of hydrogen-bond acceptors (Lipinski definition) is 3. The van der Waals surface area contributed by atoms with Crippen LogP contribution in [0.5, 0.6) is 0 Å². The highest BCUT2D eigenvalue weighted by atomic mass is 127.